The van der Waals surface area contributed by atoms with Gasteiger partial charge >= 0.3 is 6.18 Å². The van der Waals surface area contributed by atoms with Crippen molar-refractivity contribution in [3.63, 3.8) is 0 Å². The molecule has 0 amide bonds. The van der Waals surface area contributed by atoms with Gasteiger partial charge in [-0.15, -0.1) is 0 Å². The van der Waals surface area contributed by atoms with E-state index >= 15 is 0 Å². The van der Waals surface area contributed by atoms with E-state index in [1.54, 1.807) is 30.3 Å². The summed E-state index contributed by atoms with van der Waals surface area (Å²) in [4.78, 5) is 12.4. The number of halogens is 3. The van der Waals surface area contributed by atoms with Crippen molar-refractivity contribution in [1.29, 1.82) is 0 Å². The summed E-state index contributed by atoms with van der Waals surface area (Å²) in [6.45, 7) is 0. The molecule has 0 aliphatic carbocycles. The first-order valence-corrected chi connectivity index (χ1v) is 7.61. The normalized spacial score (nSPS) is 11.3. The highest BCUT2D eigenvalue weighted by Gasteiger charge is 2.31. The fourth-order valence-corrected chi connectivity index (χ4v) is 2.65. The lowest BCUT2D eigenvalue weighted by Crippen LogP contribution is -2.04. The Morgan fingerprint density at radius 2 is 1.38 bits per heavy atom. The Balaban J connectivity index is 2.05. The molecule has 3 aromatic rings. The van der Waals surface area contributed by atoms with Crippen LogP contribution in [0.1, 0.15) is 21.5 Å². The van der Waals surface area contributed by atoms with Gasteiger partial charge < -0.3 is 10.2 Å². The summed E-state index contributed by atoms with van der Waals surface area (Å²) in [5.41, 5.74) is -0.687. The first-order chi connectivity index (χ1) is 12.3. The zero-order valence-corrected chi connectivity index (χ0v) is 13.3. The molecular weight excluding hydrogens is 345 g/mol. The van der Waals surface area contributed by atoms with Gasteiger partial charge in [0.2, 0.25) is 0 Å². The third kappa shape index (κ3) is 3.39. The van der Waals surface area contributed by atoms with Crippen molar-refractivity contribution in [2.75, 3.05) is 0 Å². The summed E-state index contributed by atoms with van der Waals surface area (Å²) < 4.78 is 38.6. The van der Waals surface area contributed by atoms with Gasteiger partial charge in [0.1, 0.15) is 11.5 Å². The quantitative estimate of drug-likeness (QED) is 0.647. The molecule has 0 spiro atoms. The molecule has 132 valence electrons. The van der Waals surface area contributed by atoms with Gasteiger partial charge in [0, 0.05) is 11.1 Å². The maximum Gasteiger partial charge on any atom is 0.416 e. The van der Waals surface area contributed by atoms with Crippen molar-refractivity contribution in [2.45, 2.75) is 6.18 Å². The fraction of sp³-hybridized carbons (Fsp3) is 0.0500. The number of hydrogen-bond acceptors (Lipinski definition) is 3. The second-order valence-corrected chi connectivity index (χ2v) is 5.66. The van der Waals surface area contributed by atoms with Gasteiger partial charge in [0.25, 0.3) is 0 Å². The highest BCUT2D eigenvalue weighted by molar-refractivity contribution is 6.10. The SMILES string of the molecule is O=C(c1ccccc1)c1cc(O)c(-c2cccc(C(F)(F)F)c2)c(O)c1. The molecule has 0 unspecified atom stereocenters. The van der Waals surface area contributed by atoms with Crippen molar-refractivity contribution in [3.8, 4) is 22.6 Å². The predicted octanol–water partition coefficient (Wildman–Crippen LogP) is 5.01. The van der Waals surface area contributed by atoms with Crippen molar-refractivity contribution < 1.29 is 28.2 Å². The lowest BCUT2D eigenvalue weighted by Gasteiger charge is -2.12. The molecule has 0 aliphatic heterocycles. The summed E-state index contributed by atoms with van der Waals surface area (Å²) in [7, 11) is 0. The Labute approximate surface area is 147 Å². The van der Waals surface area contributed by atoms with Crippen molar-refractivity contribution in [1.82, 2.24) is 0 Å². The summed E-state index contributed by atoms with van der Waals surface area (Å²) in [6.07, 6.45) is -4.55. The van der Waals surface area contributed by atoms with E-state index in [0.29, 0.717) is 5.56 Å². The molecule has 0 aromatic heterocycles. The number of hydrogen-bond donors (Lipinski definition) is 2. The Kier molecular flexibility index (Phi) is 4.42. The van der Waals surface area contributed by atoms with Crippen molar-refractivity contribution in [2.24, 2.45) is 0 Å². The first-order valence-electron chi connectivity index (χ1n) is 7.61. The monoisotopic (exact) mass is 358 g/mol. The van der Waals surface area contributed by atoms with Crippen LogP contribution in [0, 0.1) is 0 Å². The number of aromatic hydroxyl groups is 2. The van der Waals surface area contributed by atoms with Crippen LogP contribution in [0.3, 0.4) is 0 Å². The second kappa shape index (κ2) is 6.55. The van der Waals surface area contributed by atoms with E-state index in [4.69, 9.17) is 0 Å². The molecule has 3 rings (SSSR count). The Morgan fingerprint density at radius 1 is 0.769 bits per heavy atom. The van der Waals surface area contributed by atoms with Gasteiger partial charge in [0.15, 0.2) is 5.78 Å². The zero-order chi connectivity index (χ0) is 18.9. The largest absolute Gasteiger partial charge is 0.507 e. The van der Waals surface area contributed by atoms with Gasteiger partial charge in [-0.3, -0.25) is 4.79 Å². The lowest BCUT2D eigenvalue weighted by atomic mass is 9.96. The minimum Gasteiger partial charge on any atom is -0.507 e. The van der Waals surface area contributed by atoms with Crippen LogP contribution in [0.15, 0.2) is 66.7 Å². The third-order valence-corrected chi connectivity index (χ3v) is 3.87. The number of phenols is 2. The van der Waals surface area contributed by atoms with Crippen LogP contribution in [0.25, 0.3) is 11.1 Å². The Hall–Kier alpha value is -3.28. The van der Waals surface area contributed by atoms with E-state index in [2.05, 4.69) is 0 Å². The molecule has 26 heavy (non-hydrogen) atoms. The van der Waals surface area contributed by atoms with Crippen LogP contribution in [-0.2, 0) is 6.18 Å². The topological polar surface area (TPSA) is 57.5 Å². The van der Waals surface area contributed by atoms with Crippen molar-refractivity contribution >= 4 is 5.78 Å². The molecule has 0 bridgehead atoms. The number of phenolic OH excluding ortho intramolecular Hbond substituents is 2. The third-order valence-electron chi connectivity index (χ3n) is 3.87. The number of alkyl halides is 3. The Morgan fingerprint density at radius 3 is 1.96 bits per heavy atom. The van der Waals surface area contributed by atoms with E-state index in [1.807, 2.05) is 0 Å². The summed E-state index contributed by atoms with van der Waals surface area (Å²) >= 11 is 0. The summed E-state index contributed by atoms with van der Waals surface area (Å²) in [5.74, 6) is -1.39. The van der Waals surface area contributed by atoms with E-state index in [0.717, 1.165) is 24.3 Å². The maximum absolute atomic E-state index is 12.9. The van der Waals surface area contributed by atoms with E-state index in [-0.39, 0.29) is 16.7 Å². The van der Waals surface area contributed by atoms with E-state index in [1.165, 1.54) is 12.1 Å². The number of rotatable bonds is 3. The lowest BCUT2D eigenvalue weighted by molar-refractivity contribution is -0.137. The zero-order valence-electron chi connectivity index (χ0n) is 13.3. The van der Waals surface area contributed by atoms with Gasteiger partial charge in [-0.25, -0.2) is 0 Å². The number of ketones is 1. The van der Waals surface area contributed by atoms with E-state index < -0.39 is 29.0 Å². The smallest absolute Gasteiger partial charge is 0.416 e. The average molecular weight is 358 g/mol. The highest BCUT2D eigenvalue weighted by Crippen LogP contribution is 2.40. The molecule has 6 heteroatoms. The molecular formula is C20H13F3O3. The molecule has 0 atom stereocenters. The number of carbonyl (C=O) groups excluding carboxylic acids is 1. The molecule has 3 nitrogen and oxygen atoms in total. The minimum absolute atomic E-state index is 0.00599. The van der Waals surface area contributed by atoms with Crippen LogP contribution < -0.4 is 0 Å². The number of benzene rings is 3. The van der Waals surface area contributed by atoms with Crippen LogP contribution in [0.2, 0.25) is 0 Å². The standard InChI is InChI=1S/C20H13F3O3/c21-20(22,23)15-8-4-7-13(9-15)18-16(24)10-14(11-17(18)25)19(26)12-5-2-1-3-6-12/h1-11,24-25H. The average Bonchev–Trinajstić information content (AvgIpc) is 2.61. The predicted molar refractivity (Wildman–Crippen MR) is 90.1 cm³/mol. The second-order valence-electron chi connectivity index (χ2n) is 5.66. The molecule has 0 heterocycles. The Bertz CT molecular complexity index is 941. The fourth-order valence-electron chi connectivity index (χ4n) is 2.65. The summed E-state index contributed by atoms with van der Waals surface area (Å²) in [5, 5.41) is 20.4. The maximum atomic E-state index is 12.9. The first kappa shape index (κ1) is 17.5. The van der Waals surface area contributed by atoms with Gasteiger partial charge in [-0.1, -0.05) is 42.5 Å². The van der Waals surface area contributed by atoms with Crippen LogP contribution in [0.4, 0.5) is 13.2 Å². The molecule has 0 fully saturated rings. The molecule has 0 saturated heterocycles. The highest BCUT2D eigenvalue weighted by atomic mass is 19.4. The molecule has 0 aliphatic rings. The van der Waals surface area contributed by atoms with Crippen LogP contribution in [0.5, 0.6) is 11.5 Å². The van der Waals surface area contributed by atoms with E-state index in [9.17, 15) is 28.2 Å². The molecule has 3 aromatic carbocycles. The van der Waals surface area contributed by atoms with Crippen molar-refractivity contribution in [3.05, 3.63) is 83.4 Å². The summed E-state index contributed by atoms with van der Waals surface area (Å²) in [6, 6.07) is 14.7. The van der Waals surface area contributed by atoms with Crippen LogP contribution in [-0.4, -0.2) is 16.0 Å². The molecule has 0 radical (unpaired) electrons. The number of carbonyl (C=O) groups is 1. The van der Waals surface area contributed by atoms with Gasteiger partial charge in [-0.2, -0.15) is 13.2 Å². The molecule has 2 N–H and O–H groups in total. The molecule has 0 saturated carbocycles. The van der Waals surface area contributed by atoms with Crippen LogP contribution >= 0.6 is 0 Å². The minimum atomic E-state index is -4.55. The van der Waals surface area contributed by atoms with Gasteiger partial charge in [0.05, 0.1) is 11.1 Å². The van der Waals surface area contributed by atoms with Gasteiger partial charge in [-0.05, 0) is 29.8 Å².